The first kappa shape index (κ1) is 12.6. The number of nitrogens with one attached hydrogen (secondary N) is 2. The number of amides is 2. The fraction of sp³-hybridized carbons (Fsp3) is 0.846. The van der Waals surface area contributed by atoms with Crippen LogP contribution in [0.1, 0.15) is 51.9 Å². The van der Waals surface area contributed by atoms with Gasteiger partial charge in [0, 0.05) is 6.04 Å². The molecular formula is C13H22N2O2. The summed E-state index contributed by atoms with van der Waals surface area (Å²) in [7, 11) is 0. The molecule has 0 bridgehead atoms. The molecule has 96 valence electrons. The van der Waals surface area contributed by atoms with Crippen molar-refractivity contribution in [1.82, 2.24) is 10.6 Å². The van der Waals surface area contributed by atoms with Gasteiger partial charge >= 0.3 is 0 Å². The fourth-order valence-electron chi connectivity index (χ4n) is 2.95. The van der Waals surface area contributed by atoms with Gasteiger partial charge in [0.15, 0.2) is 0 Å². The van der Waals surface area contributed by atoms with E-state index in [0.717, 1.165) is 0 Å². The Labute approximate surface area is 103 Å². The van der Waals surface area contributed by atoms with Crippen LogP contribution in [0.3, 0.4) is 0 Å². The zero-order valence-electron chi connectivity index (χ0n) is 10.5. The summed E-state index contributed by atoms with van der Waals surface area (Å²) in [6.07, 6.45) is 8.07. The lowest BCUT2D eigenvalue weighted by atomic mass is 9.92. The topological polar surface area (TPSA) is 58.2 Å². The third-order valence-corrected chi connectivity index (χ3v) is 4.04. The standard InChI is InChI=1S/C13H22N2O2/c1-9(10-6-4-2-3-5-7-10)14-11-8-12(16)15-13(11)17/h9-11,14H,2-8H2,1H3,(H,15,16,17)/t9-,11?/m0/s1. The van der Waals surface area contributed by atoms with Crippen LogP contribution in [0, 0.1) is 5.92 Å². The van der Waals surface area contributed by atoms with Crippen LogP contribution in [0.2, 0.25) is 0 Å². The largest absolute Gasteiger partial charge is 0.303 e. The smallest absolute Gasteiger partial charge is 0.244 e. The molecule has 2 amide bonds. The van der Waals surface area contributed by atoms with Crippen molar-refractivity contribution in [2.24, 2.45) is 5.92 Å². The zero-order chi connectivity index (χ0) is 12.3. The second kappa shape index (κ2) is 5.63. The van der Waals surface area contributed by atoms with Gasteiger partial charge in [-0.05, 0) is 25.7 Å². The second-order valence-electron chi connectivity index (χ2n) is 5.38. The number of rotatable bonds is 3. The monoisotopic (exact) mass is 238 g/mol. The maximum absolute atomic E-state index is 11.5. The van der Waals surface area contributed by atoms with Crippen LogP contribution >= 0.6 is 0 Å². The summed E-state index contributed by atoms with van der Waals surface area (Å²) < 4.78 is 0. The Morgan fingerprint density at radius 3 is 2.35 bits per heavy atom. The van der Waals surface area contributed by atoms with E-state index >= 15 is 0 Å². The van der Waals surface area contributed by atoms with Crippen molar-refractivity contribution in [2.75, 3.05) is 0 Å². The van der Waals surface area contributed by atoms with Crippen LogP contribution < -0.4 is 10.6 Å². The van der Waals surface area contributed by atoms with Crippen LogP contribution in [-0.4, -0.2) is 23.9 Å². The molecule has 2 N–H and O–H groups in total. The Hall–Kier alpha value is -0.900. The molecule has 1 aliphatic carbocycles. The molecule has 0 radical (unpaired) electrons. The van der Waals surface area contributed by atoms with Gasteiger partial charge in [-0.1, -0.05) is 25.7 Å². The van der Waals surface area contributed by atoms with Gasteiger partial charge in [0.1, 0.15) is 0 Å². The molecule has 2 atom stereocenters. The number of carbonyl (C=O) groups excluding carboxylic acids is 2. The van der Waals surface area contributed by atoms with E-state index in [2.05, 4.69) is 17.6 Å². The van der Waals surface area contributed by atoms with Gasteiger partial charge in [0.2, 0.25) is 11.8 Å². The summed E-state index contributed by atoms with van der Waals surface area (Å²) in [5.74, 6) is 0.344. The highest BCUT2D eigenvalue weighted by atomic mass is 16.2. The van der Waals surface area contributed by atoms with Crippen LogP contribution in [0.15, 0.2) is 0 Å². The molecular weight excluding hydrogens is 216 g/mol. The van der Waals surface area contributed by atoms with Crippen LogP contribution in [0.5, 0.6) is 0 Å². The summed E-state index contributed by atoms with van der Waals surface area (Å²) in [5, 5.41) is 5.67. The molecule has 1 heterocycles. The number of hydrogen-bond acceptors (Lipinski definition) is 3. The molecule has 0 spiro atoms. The summed E-state index contributed by atoms with van der Waals surface area (Å²) in [6.45, 7) is 2.14. The van der Waals surface area contributed by atoms with E-state index in [9.17, 15) is 9.59 Å². The molecule has 2 fully saturated rings. The molecule has 2 rings (SSSR count). The molecule has 4 heteroatoms. The molecule has 4 nitrogen and oxygen atoms in total. The molecule has 1 unspecified atom stereocenters. The number of hydrogen-bond donors (Lipinski definition) is 2. The van der Waals surface area contributed by atoms with Crippen molar-refractivity contribution >= 4 is 11.8 Å². The molecule has 0 aromatic rings. The Kier molecular flexibility index (Phi) is 4.15. The van der Waals surface area contributed by atoms with Crippen molar-refractivity contribution in [1.29, 1.82) is 0 Å². The number of carbonyl (C=O) groups is 2. The predicted octanol–water partition coefficient (Wildman–Crippen LogP) is 1.35. The van der Waals surface area contributed by atoms with Crippen molar-refractivity contribution in [3.05, 3.63) is 0 Å². The molecule has 0 aromatic carbocycles. The van der Waals surface area contributed by atoms with E-state index in [1.807, 2.05) is 0 Å². The first-order valence-electron chi connectivity index (χ1n) is 6.76. The summed E-state index contributed by atoms with van der Waals surface area (Å²) in [5.41, 5.74) is 0. The van der Waals surface area contributed by atoms with Crippen molar-refractivity contribution in [3.63, 3.8) is 0 Å². The Morgan fingerprint density at radius 2 is 1.82 bits per heavy atom. The third kappa shape index (κ3) is 3.28. The van der Waals surface area contributed by atoms with Gasteiger partial charge in [0.25, 0.3) is 0 Å². The Morgan fingerprint density at radius 1 is 1.18 bits per heavy atom. The third-order valence-electron chi connectivity index (χ3n) is 4.04. The zero-order valence-corrected chi connectivity index (χ0v) is 10.5. The average molecular weight is 238 g/mol. The van der Waals surface area contributed by atoms with Crippen molar-refractivity contribution in [2.45, 2.75) is 64.0 Å². The van der Waals surface area contributed by atoms with E-state index in [1.54, 1.807) is 0 Å². The minimum absolute atomic E-state index is 0.152. The maximum atomic E-state index is 11.5. The van der Waals surface area contributed by atoms with Gasteiger partial charge in [-0.15, -0.1) is 0 Å². The lowest BCUT2D eigenvalue weighted by molar-refractivity contribution is -0.125. The van der Waals surface area contributed by atoms with E-state index < -0.39 is 0 Å². The van der Waals surface area contributed by atoms with Crippen LogP contribution in [0.4, 0.5) is 0 Å². The fourth-order valence-corrected chi connectivity index (χ4v) is 2.95. The lowest BCUT2D eigenvalue weighted by Crippen LogP contribution is -2.44. The SMILES string of the molecule is C[C@H](NC1CC(=O)NC1=O)C1CCCCCC1. The highest BCUT2D eigenvalue weighted by molar-refractivity contribution is 6.05. The second-order valence-corrected chi connectivity index (χ2v) is 5.38. The predicted molar refractivity (Wildman–Crippen MR) is 65.3 cm³/mol. The highest BCUT2D eigenvalue weighted by Crippen LogP contribution is 2.25. The lowest BCUT2D eigenvalue weighted by Gasteiger charge is -2.25. The maximum Gasteiger partial charge on any atom is 0.244 e. The molecule has 1 saturated carbocycles. The minimum atomic E-state index is -0.305. The van der Waals surface area contributed by atoms with E-state index in [-0.39, 0.29) is 17.9 Å². The number of imide groups is 1. The summed E-state index contributed by atoms with van der Waals surface area (Å²) in [4.78, 5) is 22.6. The van der Waals surface area contributed by atoms with Gasteiger partial charge < -0.3 is 5.32 Å². The van der Waals surface area contributed by atoms with Crippen LogP contribution in [-0.2, 0) is 9.59 Å². The van der Waals surface area contributed by atoms with Crippen molar-refractivity contribution in [3.8, 4) is 0 Å². The first-order valence-corrected chi connectivity index (χ1v) is 6.76. The summed E-state index contributed by atoms with van der Waals surface area (Å²) >= 11 is 0. The molecule has 1 saturated heterocycles. The molecule has 17 heavy (non-hydrogen) atoms. The van der Waals surface area contributed by atoms with Gasteiger partial charge in [-0.25, -0.2) is 0 Å². The van der Waals surface area contributed by atoms with E-state index in [1.165, 1.54) is 38.5 Å². The molecule has 2 aliphatic rings. The van der Waals surface area contributed by atoms with E-state index in [4.69, 9.17) is 0 Å². The normalized spacial score (nSPS) is 28.9. The summed E-state index contributed by atoms with van der Waals surface area (Å²) in [6, 6.07) is 0.0236. The minimum Gasteiger partial charge on any atom is -0.303 e. The quantitative estimate of drug-likeness (QED) is 0.576. The van der Waals surface area contributed by atoms with Gasteiger partial charge in [0.05, 0.1) is 12.5 Å². The van der Waals surface area contributed by atoms with Gasteiger partial charge in [-0.3, -0.25) is 14.9 Å². The molecule has 1 aliphatic heterocycles. The van der Waals surface area contributed by atoms with Gasteiger partial charge in [-0.2, -0.15) is 0 Å². The van der Waals surface area contributed by atoms with E-state index in [0.29, 0.717) is 18.4 Å². The molecule has 0 aromatic heterocycles. The van der Waals surface area contributed by atoms with Crippen LogP contribution in [0.25, 0.3) is 0 Å². The Balaban J connectivity index is 1.85. The first-order chi connectivity index (χ1) is 8.16. The van der Waals surface area contributed by atoms with Crippen molar-refractivity contribution < 1.29 is 9.59 Å². The highest BCUT2D eigenvalue weighted by Gasteiger charge is 2.32. The Bertz CT molecular complexity index is 296. The average Bonchev–Trinajstić information content (AvgIpc) is 2.54.